The quantitative estimate of drug-likeness (QED) is 0.806. The van der Waals surface area contributed by atoms with Gasteiger partial charge in [-0.3, -0.25) is 14.7 Å². The van der Waals surface area contributed by atoms with Gasteiger partial charge in [0, 0.05) is 58.2 Å². The molecule has 1 N–H and O–H groups in total. The molecule has 1 saturated heterocycles. The summed E-state index contributed by atoms with van der Waals surface area (Å²) in [7, 11) is 2.06. The van der Waals surface area contributed by atoms with Crippen LogP contribution in [-0.4, -0.2) is 63.9 Å². The highest BCUT2D eigenvalue weighted by atomic mass is 19.4. The normalized spacial score (nSPS) is 20.5. The molecule has 4 rings (SSSR count). The minimum atomic E-state index is -4.71. The van der Waals surface area contributed by atoms with Gasteiger partial charge in [-0.2, -0.15) is 13.2 Å². The largest absolute Gasteiger partial charge is 0.422 e. The minimum absolute atomic E-state index is 0.140. The van der Waals surface area contributed by atoms with Gasteiger partial charge in [-0.25, -0.2) is 0 Å². The molecule has 1 atom stereocenters. The van der Waals surface area contributed by atoms with Crippen LogP contribution in [0.4, 0.5) is 13.2 Å². The smallest absolute Gasteiger partial charge is 0.375 e. The molecule has 4 heterocycles. The van der Waals surface area contributed by atoms with Crippen molar-refractivity contribution in [3.05, 3.63) is 63.4 Å². The molecule has 166 valence electrons. The molecule has 1 fully saturated rings. The number of pyridine rings is 2. The second-order valence-corrected chi connectivity index (χ2v) is 8.35. The first kappa shape index (κ1) is 21.4. The number of nitrogens with one attached hydrogen (secondary N) is 1. The molecule has 0 spiro atoms. The monoisotopic (exact) mass is 433 g/mol. The number of piperazine rings is 1. The number of aryl methyl sites for hydroxylation is 1. The van der Waals surface area contributed by atoms with Crippen LogP contribution in [0.15, 0.2) is 41.1 Å². The SMILES string of the molecule is Cc1c(C(F)(F)F)c(=O)[nH]c2cc(CN3CCN(C4=CN(C)CC=C4)CC3C)cnc12. The number of hydrogen-bond donors (Lipinski definition) is 1. The maximum atomic E-state index is 13.2. The van der Waals surface area contributed by atoms with Crippen molar-refractivity contribution in [1.29, 1.82) is 0 Å². The predicted octanol–water partition coefficient (Wildman–Crippen LogP) is 3.10. The van der Waals surface area contributed by atoms with Crippen LogP contribution in [0.2, 0.25) is 0 Å². The highest BCUT2D eigenvalue weighted by Crippen LogP contribution is 2.31. The van der Waals surface area contributed by atoms with E-state index >= 15 is 0 Å². The van der Waals surface area contributed by atoms with Crippen molar-refractivity contribution >= 4 is 11.0 Å². The molecule has 0 radical (unpaired) electrons. The van der Waals surface area contributed by atoms with E-state index < -0.39 is 17.3 Å². The summed E-state index contributed by atoms with van der Waals surface area (Å²) in [6.07, 6.45) is 3.36. The van der Waals surface area contributed by atoms with Gasteiger partial charge in [0.1, 0.15) is 5.56 Å². The molecule has 0 amide bonds. The minimum Gasteiger partial charge on any atom is -0.375 e. The van der Waals surface area contributed by atoms with E-state index in [0.29, 0.717) is 18.1 Å². The van der Waals surface area contributed by atoms with Crippen LogP contribution < -0.4 is 5.56 Å². The van der Waals surface area contributed by atoms with Crippen molar-refractivity contribution in [3.63, 3.8) is 0 Å². The molecule has 2 aromatic heterocycles. The molecular formula is C22H26F3N5O. The van der Waals surface area contributed by atoms with Crippen molar-refractivity contribution in [3.8, 4) is 0 Å². The number of H-pyrrole nitrogens is 1. The molecule has 9 heteroatoms. The molecule has 1 unspecified atom stereocenters. The van der Waals surface area contributed by atoms with Gasteiger partial charge in [-0.05, 0) is 37.1 Å². The van der Waals surface area contributed by atoms with Crippen LogP contribution >= 0.6 is 0 Å². The van der Waals surface area contributed by atoms with E-state index in [-0.39, 0.29) is 11.1 Å². The highest BCUT2D eigenvalue weighted by Gasteiger charge is 2.37. The van der Waals surface area contributed by atoms with E-state index in [1.165, 1.54) is 12.6 Å². The number of hydrogen-bond acceptors (Lipinski definition) is 5. The number of aromatic nitrogens is 2. The summed E-state index contributed by atoms with van der Waals surface area (Å²) in [6, 6.07) is 2.02. The van der Waals surface area contributed by atoms with E-state index in [2.05, 4.69) is 57.0 Å². The predicted molar refractivity (Wildman–Crippen MR) is 113 cm³/mol. The van der Waals surface area contributed by atoms with Crippen molar-refractivity contribution in [2.75, 3.05) is 33.2 Å². The maximum Gasteiger partial charge on any atom is 0.422 e. The van der Waals surface area contributed by atoms with Crippen LogP contribution in [0.25, 0.3) is 11.0 Å². The summed E-state index contributed by atoms with van der Waals surface area (Å²) in [5, 5.41) is 0. The molecule has 2 aliphatic heterocycles. The molecule has 31 heavy (non-hydrogen) atoms. The van der Waals surface area contributed by atoms with Gasteiger partial charge in [0.25, 0.3) is 5.56 Å². The number of likely N-dealkylation sites (N-methyl/N-ethyl adjacent to an activating group) is 1. The number of allylic oxidation sites excluding steroid dienone is 1. The molecule has 2 aromatic rings. The third-order valence-corrected chi connectivity index (χ3v) is 5.98. The highest BCUT2D eigenvalue weighted by molar-refractivity contribution is 5.79. The summed E-state index contributed by atoms with van der Waals surface area (Å²) in [5.74, 6) is 0. The van der Waals surface area contributed by atoms with Gasteiger partial charge in [0.2, 0.25) is 0 Å². The van der Waals surface area contributed by atoms with Gasteiger partial charge in [0.15, 0.2) is 0 Å². The van der Waals surface area contributed by atoms with Crippen LogP contribution in [0.1, 0.15) is 23.6 Å². The Kier molecular flexibility index (Phi) is 5.55. The fourth-order valence-electron chi connectivity index (χ4n) is 4.35. The summed E-state index contributed by atoms with van der Waals surface area (Å²) in [4.78, 5) is 25.5. The van der Waals surface area contributed by atoms with Crippen LogP contribution in [0.5, 0.6) is 0 Å². The Morgan fingerprint density at radius 2 is 2.06 bits per heavy atom. The molecule has 0 aromatic carbocycles. The number of fused-ring (bicyclic) bond motifs is 1. The van der Waals surface area contributed by atoms with E-state index in [1.54, 1.807) is 12.3 Å². The standard InChI is InChI=1S/C22H26F3N5O/c1-14-11-30(17-5-4-6-28(3)13-17)8-7-29(14)12-16-9-18-20(26-10-16)15(2)19(21(31)27-18)22(23,24)25/h4-5,9-10,13-14H,6-8,11-12H2,1-3H3,(H,27,31). The Morgan fingerprint density at radius 3 is 2.74 bits per heavy atom. The fourth-order valence-corrected chi connectivity index (χ4v) is 4.35. The summed E-state index contributed by atoms with van der Waals surface area (Å²) in [6.45, 7) is 7.63. The Balaban J connectivity index is 1.52. The van der Waals surface area contributed by atoms with Crippen molar-refractivity contribution in [1.82, 2.24) is 24.7 Å². The lowest BCUT2D eigenvalue weighted by molar-refractivity contribution is -0.139. The van der Waals surface area contributed by atoms with Gasteiger partial charge in [-0.1, -0.05) is 6.08 Å². The summed E-state index contributed by atoms with van der Waals surface area (Å²) < 4.78 is 39.6. The second-order valence-electron chi connectivity index (χ2n) is 8.35. The van der Waals surface area contributed by atoms with Crippen molar-refractivity contribution in [2.45, 2.75) is 32.6 Å². The van der Waals surface area contributed by atoms with E-state index in [9.17, 15) is 18.0 Å². The molecule has 0 aliphatic carbocycles. The average Bonchev–Trinajstić information content (AvgIpc) is 2.68. The zero-order valence-electron chi connectivity index (χ0n) is 17.8. The molecule has 0 bridgehead atoms. The summed E-state index contributed by atoms with van der Waals surface area (Å²) >= 11 is 0. The Bertz CT molecular complexity index is 1100. The number of aromatic amines is 1. The first-order valence-corrected chi connectivity index (χ1v) is 10.3. The number of alkyl halides is 3. The van der Waals surface area contributed by atoms with Crippen molar-refractivity contribution < 1.29 is 13.2 Å². The lowest BCUT2D eigenvalue weighted by atomic mass is 10.1. The topological polar surface area (TPSA) is 55.5 Å². The first-order chi connectivity index (χ1) is 14.6. The fraction of sp³-hybridized carbons (Fsp3) is 0.455. The van der Waals surface area contributed by atoms with E-state index in [4.69, 9.17) is 0 Å². The molecule has 2 aliphatic rings. The van der Waals surface area contributed by atoms with Crippen LogP contribution in [0.3, 0.4) is 0 Å². The Morgan fingerprint density at radius 1 is 1.29 bits per heavy atom. The lowest BCUT2D eigenvalue weighted by Gasteiger charge is -2.42. The molecule has 0 saturated carbocycles. The average molecular weight is 433 g/mol. The zero-order chi connectivity index (χ0) is 22.3. The number of rotatable bonds is 3. The number of nitrogens with zero attached hydrogens (tertiary/aromatic N) is 4. The molecule has 6 nitrogen and oxygen atoms in total. The van der Waals surface area contributed by atoms with E-state index in [0.717, 1.165) is 31.7 Å². The first-order valence-electron chi connectivity index (χ1n) is 10.3. The third-order valence-electron chi connectivity index (χ3n) is 5.98. The third kappa shape index (κ3) is 4.32. The summed E-state index contributed by atoms with van der Waals surface area (Å²) in [5.41, 5.74) is 0.131. The van der Waals surface area contributed by atoms with Gasteiger partial charge in [0.05, 0.1) is 16.7 Å². The Hall–Kier alpha value is -2.81. The maximum absolute atomic E-state index is 13.2. The molecular weight excluding hydrogens is 407 g/mol. The van der Waals surface area contributed by atoms with Crippen LogP contribution in [0, 0.1) is 6.92 Å². The Labute approximate surface area is 178 Å². The van der Waals surface area contributed by atoms with Gasteiger partial charge >= 0.3 is 6.18 Å². The van der Waals surface area contributed by atoms with E-state index in [1.807, 2.05) is 0 Å². The van der Waals surface area contributed by atoms with Gasteiger partial charge in [-0.15, -0.1) is 0 Å². The second kappa shape index (κ2) is 8.03. The van der Waals surface area contributed by atoms with Gasteiger partial charge < -0.3 is 14.8 Å². The van der Waals surface area contributed by atoms with Crippen molar-refractivity contribution in [2.24, 2.45) is 0 Å². The number of halogens is 3. The lowest BCUT2D eigenvalue weighted by Crippen LogP contribution is -2.51. The van der Waals surface area contributed by atoms with Crippen LogP contribution in [-0.2, 0) is 12.7 Å². The zero-order valence-corrected chi connectivity index (χ0v) is 17.8.